The van der Waals surface area contributed by atoms with Crippen LogP contribution in [0, 0.1) is 0 Å². The van der Waals surface area contributed by atoms with Gasteiger partial charge in [0.25, 0.3) is 0 Å². The SMILES string of the molecule is O=Cc1ccc2c(c1Cl)C(=O)c1ccccc1C2=O. The van der Waals surface area contributed by atoms with Gasteiger partial charge in [-0.3, -0.25) is 14.4 Å². The maximum Gasteiger partial charge on any atom is 0.196 e. The topological polar surface area (TPSA) is 51.2 Å². The van der Waals surface area contributed by atoms with Crippen molar-refractivity contribution >= 4 is 29.5 Å². The van der Waals surface area contributed by atoms with E-state index < -0.39 is 0 Å². The number of fused-ring (bicyclic) bond motifs is 2. The van der Waals surface area contributed by atoms with Gasteiger partial charge in [-0.2, -0.15) is 0 Å². The molecular formula is C15H7ClO3. The van der Waals surface area contributed by atoms with Crippen LogP contribution in [0.25, 0.3) is 0 Å². The number of aldehydes is 1. The molecule has 2 aromatic carbocycles. The highest BCUT2D eigenvalue weighted by Crippen LogP contribution is 2.33. The molecule has 0 bridgehead atoms. The molecule has 4 heteroatoms. The second-order valence-corrected chi connectivity index (χ2v) is 4.59. The minimum Gasteiger partial charge on any atom is -0.298 e. The zero-order valence-electron chi connectivity index (χ0n) is 9.64. The largest absolute Gasteiger partial charge is 0.298 e. The van der Waals surface area contributed by atoms with Gasteiger partial charge >= 0.3 is 0 Å². The minimum absolute atomic E-state index is 0.0420. The molecule has 1 aliphatic rings. The van der Waals surface area contributed by atoms with E-state index in [0.717, 1.165) is 0 Å². The van der Waals surface area contributed by atoms with Gasteiger partial charge in [-0.15, -0.1) is 0 Å². The van der Waals surface area contributed by atoms with Crippen LogP contribution in [0.2, 0.25) is 5.02 Å². The predicted octanol–water partition coefficient (Wildman–Crippen LogP) is 2.93. The van der Waals surface area contributed by atoms with Gasteiger partial charge in [-0.05, 0) is 12.1 Å². The molecule has 3 nitrogen and oxygen atoms in total. The van der Waals surface area contributed by atoms with Crippen molar-refractivity contribution in [2.75, 3.05) is 0 Å². The van der Waals surface area contributed by atoms with E-state index in [9.17, 15) is 14.4 Å². The van der Waals surface area contributed by atoms with E-state index in [1.165, 1.54) is 12.1 Å². The third-order valence-electron chi connectivity index (χ3n) is 3.19. The molecule has 0 saturated heterocycles. The first kappa shape index (κ1) is 11.8. The fourth-order valence-corrected chi connectivity index (χ4v) is 2.55. The van der Waals surface area contributed by atoms with Crippen LogP contribution in [0.3, 0.4) is 0 Å². The Morgan fingerprint density at radius 3 is 2.11 bits per heavy atom. The summed E-state index contributed by atoms with van der Waals surface area (Å²) in [6.07, 6.45) is 0.570. The lowest BCUT2D eigenvalue weighted by atomic mass is 9.83. The Morgan fingerprint density at radius 1 is 0.842 bits per heavy atom. The van der Waals surface area contributed by atoms with Gasteiger partial charge in [0.05, 0.1) is 10.6 Å². The second kappa shape index (κ2) is 4.14. The Balaban J connectivity index is 2.36. The highest BCUT2D eigenvalue weighted by atomic mass is 35.5. The molecule has 0 aromatic heterocycles. The number of rotatable bonds is 1. The standard InChI is InChI=1S/C15H7ClO3/c16-13-8(7-17)5-6-11-12(13)15(19)10-4-2-1-3-9(10)14(11)18/h1-7H. The average molecular weight is 271 g/mol. The van der Waals surface area contributed by atoms with Crippen molar-refractivity contribution < 1.29 is 14.4 Å². The zero-order valence-corrected chi connectivity index (χ0v) is 10.4. The molecular weight excluding hydrogens is 264 g/mol. The van der Waals surface area contributed by atoms with Crippen molar-refractivity contribution in [1.82, 2.24) is 0 Å². The van der Waals surface area contributed by atoms with Crippen LogP contribution in [-0.2, 0) is 0 Å². The summed E-state index contributed by atoms with van der Waals surface area (Å²) < 4.78 is 0. The summed E-state index contributed by atoms with van der Waals surface area (Å²) in [4.78, 5) is 35.6. The van der Waals surface area contributed by atoms with Crippen molar-refractivity contribution in [3.63, 3.8) is 0 Å². The summed E-state index contributed by atoms with van der Waals surface area (Å²) in [5, 5.41) is 0.0420. The van der Waals surface area contributed by atoms with Crippen LogP contribution in [-0.4, -0.2) is 17.9 Å². The monoisotopic (exact) mass is 270 g/mol. The minimum atomic E-state index is -0.320. The molecule has 0 radical (unpaired) electrons. The summed E-state index contributed by atoms with van der Waals surface area (Å²) in [5.74, 6) is -0.566. The van der Waals surface area contributed by atoms with Gasteiger partial charge in [-0.1, -0.05) is 35.9 Å². The molecule has 19 heavy (non-hydrogen) atoms. The van der Waals surface area contributed by atoms with E-state index in [2.05, 4.69) is 0 Å². The molecule has 1 aliphatic carbocycles. The molecule has 0 unspecified atom stereocenters. The average Bonchev–Trinajstić information content (AvgIpc) is 2.44. The molecule has 0 spiro atoms. The van der Waals surface area contributed by atoms with Gasteiger partial charge in [0.1, 0.15) is 0 Å². The lowest BCUT2D eigenvalue weighted by molar-refractivity contribution is 0.0979. The number of carbonyl (C=O) groups is 3. The van der Waals surface area contributed by atoms with E-state index in [1.54, 1.807) is 24.3 Å². The van der Waals surface area contributed by atoms with Gasteiger partial charge < -0.3 is 0 Å². The number of carbonyl (C=O) groups excluding carboxylic acids is 3. The fraction of sp³-hybridized carbons (Fsp3) is 0. The van der Waals surface area contributed by atoms with Crippen LogP contribution >= 0.6 is 11.6 Å². The summed E-state index contributed by atoms with van der Waals surface area (Å²) in [5.41, 5.74) is 1.27. The summed E-state index contributed by atoms with van der Waals surface area (Å²) in [7, 11) is 0. The second-order valence-electron chi connectivity index (χ2n) is 4.21. The van der Waals surface area contributed by atoms with E-state index in [-0.39, 0.29) is 33.3 Å². The van der Waals surface area contributed by atoms with Crippen LogP contribution in [0.1, 0.15) is 42.2 Å². The molecule has 0 atom stereocenters. The van der Waals surface area contributed by atoms with Gasteiger partial charge in [0.15, 0.2) is 17.9 Å². The predicted molar refractivity (Wildman–Crippen MR) is 70.1 cm³/mol. The van der Waals surface area contributed by atoms with Crippen molar-refractivity contribution in [2.24, 2.45) is 0 Å². The van der Waals surface area contributed by atoms with Crippen LogP contribution in [0.15, 0.2) is 36.4 Å². The maximum absolute atomic E-state index is 12.4. The van der Waals surface area contributed by atoms with E-state index in [4.69, 9.17) is 11.6 Å². The van der Waals surface area contributed by atoms with Crippen molar-refractivity contribution in [3.05, 3.63) is 69.2 Å². The smallest absolute Gasteiger partial charge is 0.196 e. The first-order valence-electron chi connectivity index (χ1n) is 5.61. The summed E-state index contributed by atoms with van der Waals surface area (Å²) in [6, 6.07) is 9.51. The molecule has 0 N–H and O–H groups in total. The number of halogens is 1. The van der Waals surface area contributed by atoms with E-state index in [0.29, 0.717) is 17.4 Å². The Labute approximate surface area is 113 Å². The molecule has 0 saturated carbocycles. The third kappa shape index (κ3) is 1.55. The maximum atomic E-state index is 12.4. The lowest BCUT2D eigenvalue weighted by Gasteiger charge is -2.18. The van der Waals surface area contributed by atoms with Crippen LogP contribution < -0.4 is 0 Å². The van der Waals surface area contributed by atoms with Gasteiger partial charge in [0.2, 0.25) is 0 Å². The first-order valence-corrected chi connectivity index (χ1v) is 5.99. The quantitative estimate of drug-likeness (QED) is 0.639. The highest BCUT2D eigenvalue weighted by Gasteiger charge is 2.31. The zero-order chi connectivity index (χ0) is 13.6. The highest BCUT2D eigenvalue weighted by molar-refractivity contribution is 6.40. The summed E-state index contributed by atoms with van der Waals surface area (Å²) >= 11 is 6.05. The molecule has 92 valence electrons. The van der Waals surface area contributed by atoms with Crippen molar-refractivity contribution in [2.45, 2.75) is 0 Å². The number of ketones is 2. The van der Waals surface area contributed by atoms with Crippen LogP contribution in [0.5, 0.6) is 0 Å². The number of benzene rings is 2. The molecule has 0 fully saturated rings. The molecule has 0 amide bonds. The first-order chi connectivity index (χ1) is 9.15. The van der Waals surface area contributed by atoms with Gasteiger partial charge in [0, 0.05) is 22.3 Å². The Morgan fingerprint density at radius 2 is 1.47 bits per heavy atom. The molecule has 0 heterocycles. The van der Waals surface area contributed by atoms with Crippen molar-refractivity contribution in [1.29, 1.82) is 0 Å². The number of hydrogen-bond donors (Lipinski definition) is 0. The fourth-order valence-electron chi connectivity index (χ4n) is 2.25. The summed E-state index contributed by atoms with van der Waals surface area (Å²) in [6.45, 7) is 0. The molecule has 2 aromatic rings. The normalized spacial score (nSPS) is 12.9. The van der Waals surface area contributed by atoms with Crippen LogP contribution in [0.4, 0.5) is 0 Å². The number of hydrogen-bond acceptors (Lipinski definition) is 3. The molecule has 0 aliphatic heterocycles. The third-order valence-corrected chi connectivity index (χ3v) is 3.59. The van der Waals surface area contributed by atoms with E-state index in [1.807, 2.05) is 0 Å². The van der Waals surface area contributed by atoms with Crippen molar-refractivity contribution in [3.8, 4) is 0 Å². The lowest BCUT2D eigenvalue weighted by Crippen LogP contribution is -2.21. The Hall–Kier alpha value is -2.26. The molecule has 3 rings (SSSR count). The van der Waals surface area contributed by atoms with E-state index >= 15 is 0 Å². The Kier molecular flexibility index (Phi) is 2.57. The van der Waals surface area contributed by atoms with Gasteiger partial charge in [-0.25, -0.2) is 0 Å². The Bertz CT molecular complexity index is 747.